The molecule has 0 amide bonds. The fourth-order valence-electron chi connectivity index (χ4n) is 3.71. The lowest BCUT2D eigenvalue weighted by Gasteiger charge is -2.25. The molecule has 2 nitrogen and oxygen atoms in total. The molecule has 4 rings (SSSR count). The predicted molar refractivity (Wildman–Crippen MR) is 79.8 cm³/mol. The first kappa shape index (κ1) is 11.5. The summed E-state index contributed by atoms with van der Waals surface area (Å²) >= 11 is 0. The van der Waals surface area contributed by atoms with Crippen LogP contribution in [0.1, 0.15) is 42.0 Å². The van der Waals surface area contributed by atoms with E-state index in [0.717, 1.165) is 12.5 Å². The van der Waals surface area contributed by atoms with Crippen LogP contribution in [0.25, 0.3) is 10.9 Å². The van der Waals surface area contributed by atoms with E-state index >= 15 is 0 Å². The van der Waals surface area contributed by atoms with Crippen LogP contribution in [-0.4, -0.2) is 17.7 Å². The van der Waals surface area contributed by atoms with E-state index in [0.29, 0.717) is 6.04 Å². The minimum absolute atomic E-state index is 0.636. The second-order valence-corrected chi connectivity index (χ2v) is 6.29. The lowest BCUT2D eigenvalue weighted by atomic mass is 9.99. The van der Waals surface area contributed by atoms with Gasteiger partial charge in [-0.1, -0.05) is 11.6 Å². The molecule has 1 unspecified atom stereocenters. The molecular weight excluding hydrogens is 232 g/mol. The van der Waals surface area contributed by atoms with Crippen molar-refractivity contribution in [2.45, 2.75) is 51.1 Å². The number of rotatable bonds is 2. The molecule has 19 heavy (non-hydrogen) atoms. The van der Waals surface area contributed by atoms with Crippen molar-refractivity contribution in [3.05, 3.63) is 35.0 Å². The van der Waals surface area contributed by atoms with Crippen LogP contribution in [0.3, 0.4) is 0 Å². The van der Waals surface area contributed by atoms with E-state index in [2.05, 4.69) is 42.1 Å². The van der Waals surface area contributed by atoms with Crippen LogP contribution in [0.4, 0.5) is 0 Å². The Morgan fingerprint density at radius 2 is 2.05 bits per heavy atom. The Labute approximate surface area is 114 Å². The highest BCUT2D eigenvalue weighted by molar-refractivity contribution is 5.87. The predicted octanol–water partition coefficient (Wildman–Crippen LogP) is 3.36. The Kier molecular flexibility index (Phi) is 2.49. The smallest absolute Gasteiger partial charge is 0.0486 e. The molecule has 1 atom stereocenters. The molecule has 1 aliphatic carbocycles. The highest BCUT2D eigenvalue weighted by Crippen LogP contribution is 2.47. The molecule has 0 radical (unpaired) electrons. The standard InChI is InChI=1S/C17H22N2/c1-11-3-7-15-14(9-11)17(12-4-5-12)16-8-6-13(18-2)10-19(15)16/h3,7,9,12-13,18H,4-6,8,10H2,1-2H3. The Bertz CT molecular complexity index is 634. The topological polar surface area (TPSA) is 17.0 Å². The van der Waals surface area contributed by atoms with Crippen molar-refractivity contribution in [3.63, 3.8) is 0 Å². The first-order valence-electron chi connectivity index (χ1n) is 7.57. The Hall–Kier alpha value is -1.28. The molecule has 1 N–H and O–H groups in total. The fraction of sp³-hybridized carbons (Fsp3) is 0.529. The number of aryl methyl sites for hydroxylation is 1. The molecule has 2 aromatic rings. The van der Waals surface area contributed by atoms with Crippen LogP contribution in [0.5, 0.6) is 0 Å². The lowest BCUT2D eigenvalue weighted by molar-refractivity contribution is 0.413. The van der Waals surface area contributed by atoms with Gasteiger partial charge < -0.3 is 9.88 Å². The fourth-order valence-corrected chi connectivity index (χ4v) is 3.71. The van der Waals surface area contributed by atoms with Crippen LogP contribution in [-0.2, 0) is 13.0 Å². The van der Waals surface area contributed by atoms with Gasteiger partial charge in [-0.25, -0.2) is 0 Å². The monoisotopic (exact) mass is 254 g/mol. The van der Waals surface area contributed by atoms with Crippen molar-refractivity contribution in [2.75, 3.05) is 7.05 Å². The average Bonchev–Trinajstić information content (AvgIpc) is 3.20. The van der Waals surface area contributed by atoms with E-state index in [1.54, 1.807) is 11.3 Å². The molecule has 2 heteroatoms. The van der Waals surface area contributed by atoms with E-state index in [4.69, 9.17) is 0 Å². The summed E-state index contributed by atoms with van der Waals surface area (Å²) in [4.78, 5) is 0. The summed E-state index contributed by atoms with van der Waals surface area (Å²) in [7, 11) is 2.09. The van der Waals surface area contributed by atoms with Crippen molar-refractivity contribution in [2.24, 2.45) is 0 Å². The number of fused-ring (bicyclic) bond motifs is 3. The quantitative estimate of drug-likeness (QED) is 0.869. The van der Waals surface area contributed by atoms with E-state index in [1.165, 1.54) is 42.1 Å². The summed E-state index contributed by atoms with van der Waals surface area (Å²) in [5.41, 5.74) is 6.17. The van der Waals surface area contributed by atoms with E-state index in [9.17, 15) is 0 Å². The van der Waals surface area contributed by atoms with Crippen molar-refractivity contribution in [1.29, 1.82) is 0 Å². The van der Waals surface area contributed by atoms with Crippen LogP contribution < -0.4 is 5.32 Å². The maximum absolute atomic E-state index is 3.45. The second kappa shape index (κ2) is 4.11. The Balaban J connectivity index is 1.96. The molecule has 1 aromatic heterocycles. The van der Waals surface area contributed by atoms with Crippen LogP contribution in [0.2, 0.25) is 0 Å². The zero-order valence-electron chi connectivity index (χ0n) is 11.9. The third-order valence-electron chi connectivity index (χ3n) is 4.90. The molecular formula is C17H22N2. The summed E-state index contributed by atoms with van der Waals surface area (Å²) in [6, 6.07) is 7.63. The van der Waals surface area contributed by atoms with Crippen LogP contribution in [0.15, 0.2) is 18.2 Å². The third-order valence-corrected chi connectivity index (χ3v) is 4.90. The number of hydrogen-bond donors (Lipinski definition) is 1. The maximum atomic E-state index is 3.45. The summed E-state index contributed by atoms with van der Waals surface area (Å²) in [5.74, 6) is 0.853. The summed E-state index contributed by atoms with van der Waals surface area (Å²) < 4.78 is 2.59. The first-order chi connectivity index (χ1) is 9.28. The van der Waals surface area contributed by atoms with Crippen molar-refractivity contribution >= 4 is 10.9 Å². The van der Waals surface area contributed by atoms with Gasteiger partial charge in [0.25, 0.3) is 0 Å². The van der Waals surface area contributed by atoms with Gasteiger partial charge in [0.15, 0.2) is 0 Å². The van der Waals surface area contributed by atoms with Gasteiger partial charge in [0.1, 0.15) is 0 Å². The van der Waals surface area contributed by atoms with Crippen LogP contribution >= 0.6 is 0 Å². The van der Waals surface area contributed by atoms with Gasteiger partial charge in [0.05, 0.1) is 0 Å². The summed E-state index contributed by atoms with van der Waals surface area (Å²) in [5, 5.41) is 4.99. The Morgan fingerprint density at radius 1 is 1.21 bits per heavy atom. The number of benzene rings is 1. The molecule has 100 valence electrons. The van der Waals surface area contributed by atoms with Crippen molar-refractivity contribution in [3.8, 4) is 0 Å². The molecule has 1 aromatic carbocycles. The largest absolute Gasteiger partial charge is 0.343 e. The zero-order valence-corrected chi connectivity index (χ0v) is 11.9. The Morgan fingerprint density at radius 3 is 2.79 bits per heavy atom. The number of nitrogens with zero attached hydrogens (tertiary/aromatic N) is 1. The number of hydrogen-bond acceptors (Lipinski definition) is 1. The van der Waals surface area contributed by atoms with Gasteiger partial charge in [-0.3, -0.25) is 0 Å². The molecule has 0 saturated heterocycles. The minimum Gasteiger partial charge on any atom is -0.343 e. The highest BCUT2D eigenvalue weighted by Gasteiger charge is 2.33. The van der Waals surface area contributed by atoms with E-state index in [-0.39, 0.29) is 0 Å². The molecule has 0 spiro atoms. The average molecular weight is 254 g/mol. The molecule has 0 bridgehead atoms. The number of nitrogens with one attached hydrogen (secondary N) is 1. The summed E-state index contributed by atoms with van der Waals surface area (Å²) in [6.45, 7) is 3.35. The normalized spacial score (nSPS) is 22.7. The first-order valence-corrected chi connectivity index (χ1v) is 7.57. The second-order valence-electron chi connectivity index (χ2n) is 6.29. The van der Waals surface area contributed by atoms with Gasteiger partial charge in [-0.15, -0.1) is 0 Å². The molecule has 1 aliphatic heterocycles. The third kappa shape index (κ3) is 1.73. The van der Waals surface area contributed by atoms with Gasteiger partial charge >= 0.3 is 0 Å². The van der Waals surface area contributed by atoms with Gasteiger partial charge in [-0.05, 0) is 63.3 Å². The summed E-state index contributed by atoms with van der Waals surface area (Å²) in [6.07, 6.45) is 5.32. The SMILES string of the molecule is CNC1CCc2c(C3CC3)c3cc(C)ccc3n2C1. The van der Waals surface area contributed by atoms with Crippen LogP contribution in [0, 0.1) is 6.92 Å². The van der Waals surface area contributed by atoms with Gasteiger partial charge in [0.2, 0.25) is 0 Å². The van der Waals surface area contributed by atoms with Gasteiger partial charge in [0, 0.05) is 29.2 Å². The number of likely N-dealkylation sites (N-methyl/N-ethyl adjacent to an activating group) is 1. The van der Waals surface area contributed by atoms with E-state index in [1.807, 2.05) is 0 Å². The highest BCUT2D eigenvalue weighted by atomic mass is 15.1. The molecule has 1 saturated carbocycles. The molecule has 1 fully saturated rings. The molecule has 2 aliphatic rings. The van der Waals surface area contributed by atoms with Crippen molar-refractivity contribution < 1.29 is 0 Å². The van der Waals surface area contributed by atoms with E-state index < -0.39 is 0 Å². The zero-order chi connectivity index (χ0) is 13.0. The number of aromatic nitrogens is 1. The lowest BCUT2D eigenvalue weighted by Crippen LogP contribution is -2.34. The minimum atomic E-state index is 0.636. The maximum Gasteiger partial charge on any atom is 0.0486 e. The van der Waals surface area contributed by atoms with Gasteiger partial charge in [-0.2, -0.15) is 0 Å². The molecule has 2 heterocycles. The van der Waals surface area contributed by atoms with Crippen molar-refractivity contribution in [1.82, 2.24) is 9.88 Å².